The average molecular weight is 540 g/mol. The topological polar surface area (TPSA) is 76.1 Å². The van der Waals surface area contributed by atoms with Gasteiger partial charge in [-0.15, -0.1) is 13.2 Å². The molecule has 3 aromatic rings. The maximum atomic E-state index is 13.5. The van der Waals surface area contributed by atoms with E-state index in [1.807, 2.05) is 32.9 Å². The van der Waals surface area contributed by atoms with Crippen LogP contribution in [0.3, 0.4) is 0 Å². The van der Waals surface area contributed by atoms with E-state index in [0.29, 0.717) is 22.4 Å². The van der Waals surface area contributed by atoms with E-state index in [1.165, 1.54) is 19.2 Å². The minimum Gasteiger partial charge on any atom is -0.507 e. The molecule has 1 unspecified atom stereocenters. The van der Waals surface area contributed by atoms with Gasteiger partial charge in [0.25, 0.3) is 11.7 Å². The van der Waals surface area contributed by atoms with Crippen LogP contribution in [0.1, 0.15) is 49.1 Å². The number of ketones is 1. The van der Waals surface area contributed by atoms with Crippen molar-refractivity contribution in [2.75, 3.05) is 12.0 Å². The third kappa shape index (κ3) is 5.62. The molecule has 204 valence electrons. The first kappa shape index (κ1) is 27.8. The first-order valence-corrected chi connectivity index (χ1v) is 12.1. The van der Waals surface area contributed by atoms with E-state index < -0.39 is 29.8 Å². The molecule has 3 aromatic carbocycles. The first-order valence-electron chi connectivity index (χ1n) is 12.1. The Labute approximate surface area is 224 Å². The van der Waals surface area contributed by atoms with Crippen LogP contribution in [0.5, 0.6) is 11.5 Å². The number of Topliss-reactive ketones (excluding diaryl/α,β-unsaturated/α-hetero) is 1. The molecular weight excluding hydrogens is 511 g/mol. The summed E-state index contributed by atoms with van der Waals surface area (Å²) in [7, 11) is 1.45. The van der Waals surface area contributed by atoms with Crippen molar-refractivity contribution in [3.63, 3.8) is 0 Å². The number of halogens is 3. The molecule has 0 bridgehead atoms. The Balaban J connectivity index is 1.96. The zero-order valence-corrected chi connectivity index (χ0v) is 22.1. The summed E-state index contributed by atoms with van der Waals surface area (Å²) in [5, 5.41) is 11.6. The normalized spacial score (nSPS) is 17.4. The maximum Gasteiger partial charge on any atom is 0.573 e. The highest BCUT2D eigenvalue weighted by atomic mass is 19.4. The van der Waals surface area contributed by atoms with Crippen LogP contribution in [-0.2, 0) is 15.0 Å². The highest BCUT2D eigenvalue weighted by Gasteiger charge is 2.47. The number of carbonyl (C=O) groups excluding carboxylic acids is 2. The monoisotopic (exact) mass is 539 g/mol. The molecule has 1 fully saturated rings. The molecule has 1 atom stereocenters. The van der Waals surface area contributed by atoms with Crippen LogP contribution in [0, 0.1) is 6.92 Å². The molecule has 0 saturated carbocycles. The number of methoxy groups -OCH3 is 1. The summed E-state index contributed by atoms with van der Waals surface area (Å²) < 4.78 is 48.1. The van der Waals surface area contributed by atoms with Crippen molar-refractivity contribution in [3.05, 3.63) is 94.6 Å². The van der Waals surface area contributed by atoms with Gasteiger partial charge in [0, 0.05) is 17.3 Å². The Morgan fingerprint density at radius 1 is 0.923 bits per heavy atom. The molecule has 1 aliphatic heterocycles. The fraction of sp³-hybridized carbons (Fsp3) is 0.267. The number of rotatable bonds is 5. The number of hydrogen-bond acceptors (Lipinski definition) is 5. The summed E-state index contributed by atoms with van der Waals surface area (Å²) in [6.45, 7) is 7.79. The highest BCUT2D eigenvalue weighted by Crippen LogP contribution is 2.44. The SMILES string of the molecule is COc1cccc(C2/C(=C(\O)c3cc(C(C)(C)C)ccc3C)C(=O)C(=O)N2c2cccc(OC(F)(F)F)c2)c1. The van der Waals surface area contributed by atoms with Crippen molar-refractivity contribution in [2.24, 2.45) is 0 Å². The molecule has 0 aromatic heterocycles. The van der Waals surface area contributed by atoms with Gasteiger partial charge in [0.2, 0.25) is 0 Å². The van der Waals surface area contributed by atoms with Gasteiger partial charge in [-0.1, -0.05) is 51.1 Å². The van der Waals surface area contributed by atoms with Gasteiger partial charge in [-0.3, -0.25) is 14.5 Å². The Morgan fingerprint density at radius 3 is 2.23 bits per heavy atom. The van der Waals surface area contributed by atoms with Crippen LogP contribution in [0.2, 0.25) is 0 Å². The quantitative estimate of drug-likeness (QED) is 0.219. The highest BCUT2D eigenvalue weighted by molar-refractivity contribution is 6.51. The second kappa shape index (κ2) is 10.1. The predicted octanol–water partition coefficient (Wildman–Crippen LogP) is 6.83. The number of amides is 1. The number of carbonyl (C=O) groups is 2. The third-order valence-corrected chi connectivity index (χ3v) is 6.54. The van der Waals surface area contributed by atoms with Crippen LogP contribution in [0.15, 0.2) is 72.3 Å². The zero-order valence-electron chi connectivity index (χ0n) is 22.1. The lowest BCUT2D eigenvalue weighted by Gasteiger charge is -2.26. The standard InChI is InChI=1S/C30H28F3NO5/c1-17-12-13-19(29(2,3)4)15-23(17)26(35)24-25(18-8-6-10-21(14-18)38-5)34(28(37)27(24)36)20-9-7-11-22(16-20)39-30(31,32)33/h6-16,25,35H,1-5H3/b26-24+. The smallest absolute Gasteiger partial charge is 0.507 e. The number of nitrogens with zero attached hydrogens (tertiary/aromatic N) is 1. The number of aryl methyl sites for hydroxylation is 1. The van der Waals surface area contributed by atoms with Crippen LogP contribution >= 0.6 is 0 Å². The van der Waals surface area contributed by atoms with E-state index in [4.69, 9.17) is 4.74 Å². The summed E-state index contributed by atoms with van der Waals surface area (Å²) in [4.78, 5) is 28.0. The van der Waals surface area contributed by atoms with Crippen molar-refractivity contribution < 1.29 is 37.3 Å². The first-order chi connectivity index (χ1) is 18.2. The summed E-state index contributed by atoms with van der Waals surface area (Å²) in [6, 6.07) is 15.7. The molecule has 1 N–H and O–H groups in total. The van der Waals surface area contributed by atoms with E-state index in [-0.39, 0.29) is 22.4 Å². The Morgan fingerprint density at radius 2 is 1.59 bits per heavy atom. The summed E-state index contributed by atoms with van der Waals surface area (Å²) in [6.07, 6.45) is -4.95. The molecular formula is C30H28F3NO5. The van der Waals surface area contributed by atoms with Crippen LogP contribution in [0.25, 0.3) is 5.76 Å². The van der Waals surface area contributed by atoms with E-state index in [2.05, 4.69) is 4.74 Å². The van der Waals surface area contributed by atoms with E-state index in [9.17, 15) is 27.9 Å². The fourth-order valence-corrected chi connectivity index (χ4v) is 4.55. The molecule has 6 nitrogen and oxygen atoms in total. The third-order valence-electron chi connectivity index (χ3n) is 6.54. The number of aliphatic hydroxyl groups is 1. The minimum atomic E-state index is -4.95. The molecule has 0 aliphatic carbocycles. The molecule has 4 rings (SSSR count). The zero-order chi connectivity index (χ0) is 28.7. The summed E-state index contributed by atoms with van der Waals surface area (Å²) in [5.41, 5.74) is 1.91. The van der Waals surface area contributed by atoms with E-state index in [0.717, 1.165) is 22.6 Å². The predicted molar refractivity (Wildman–Crippen MR) is 141 cm³/mol. The Kier molecular flexibility index (Phi) is 7.21. The van der Waals surface area contributed by atoms with Gasteiger partial charge in [0.15, 0.2) is 0 Å². The molecule has 1 aliphatic rings. The van der Waals surface area contributed by atoms with Gasteiger partial charge >= 0.3 is 6.36 Å². The number of ether oxygens (including phenoxy) is 2. The van der Waals surface area contributed by atoms with Gasteiger partial charge in [0.1, 0.15) is 17.3 Å². The van der Waals surface area contributed by atoms with Gasteiger partial charge < -0.3 is 14.6 Å². The molecule has 0 radical (unpaired) electrons. The Hall–Kier alpha value is -4.27. The fourth-order valence-electron chi connectivity index (χ4n) is 4.55. The lowest BCUT2D eigenvalue weighted by molar-refractivity contribution is -0.274. The molecule has 1 amide bonds. The second-order valence-electron chi connectivity index (χ2n) is 10.3. The van der Waals surface area contributed by atoms with Gasteiger partial charge in [-0.05, 0) is 59.4 Å². The van der Waals surface area contributed by atoms with Gasteiger partial charge in [-0.2, -0.15) is 0 Å². The molecule has 1 saturated heterocycles. The lowest BCUT2D eigenvalue weighted by atomic mass is 9.84. The average Bonchev–Trinajstić information content (AvgIpc) is 3.12. The maximum absolute atomic E-state index is 13.5. The summed E-state index contributed by atoms with van der Waals surface area (Å²) in [5.74, 6) is -2.48. The minimum absolute atomic E-state index is 0.00844. The Bertz CT molecular complexity index is 1470. The van der Waals surface area contributed by atoms with Crippen molar-refractivity contribution in [1.82, 2.24) is 0 Å². The largest absolute Gasteiger partial charge is 0.573 e. The van der Waals surface area contributed by atoms with Crippen LogP contribution in [0.4, 0.5) is 18.9 Å². The molecule has 9 heteroatoms. The van der Waals surface area contributed by atoms with Crippen molar-refractivity contribution in [2.45, 2.75) is 45.5 Å². The number of anilines is 1. The molecule has 39 heavy (non-hydrogen) atoms. The van der Waals surface area contributed by atoms with Crippen LogP contribution < -0.4 is 14.4 Å². The number of benzene rings is 3. The van der Waals surface area contributed by atoms with E-state index in [1.54, 1.807) is 37.3 Å². The summed E-state index contributed by atoms with van der Waals surface area (Å²) >= 11 is 0. The van der Waals surface area contributed by atoms with Crippen molar-refractivity contribution in [1.29, 1.82) is 0 Å². The number of alkyl halides is 3. The number of aliphatic hydroxyl groups excluding tert-OH is 1. The lowest BCUT2D eigenvalue weighted by Crippen LogP contribution is -2.29. The van der Waals surface area contributed by atoms with E-state index >= 15 is 0 Å². The molecule has 1 heterocycles. The van der Waals surface area contributed by atoms with Gasteiger partial charge in [-0.25, -0.2) is 0 Å². The second-order valence-corrected chi connectivity index (χ2v) is 10.3. The van der Waals surface area contributed by atoms with Crippen molar-refractivity contribution in [3.8, 4) is 11.5 Å². The number of hydrogen-bond donors (Lipinski definition) is 1. The molecule has 0 spiro atoms. The van der Waals surface area contributed by atoms with Gasteiger partial charge in [0.05, 0.1) is 18.7 Å². The van der Waals surface area contributed by atoms with Crippen molar-refractivity contribution >= 4 is 23.1 Å². The van der Waals surface area contributed by atoms with Crippen LogP contribution in [-0.4, -0.2) is 30.3 Å².